The van der Waals surface area contributed by atoms with Crippen LogP contribution in [0.15, 0.2) is 22.9 Å². The lowest BCUT2D eigenvalue weighted by Crippen LogP contribution is -2.06. The molecule has 0 aliphatic carbocycles. The van der Waals surface area contributed by atoms with E-state index in [0.29, 0.717) is 16.8 Å². The number of esters is 1. The highest BCUT2D eigenvalue weighted by atomic mass is 79.9. The van der Waals surface area contributed by atoms with E-state index in [1.807, 2.05) is 0 Å². The van der Waals surface area contributed by atoms with Crippen molar-refractivity contribution < 1.29 is 9.53 Å². The Balaban J connectivity index is 2.75. The van der Waals surface area contributed by atoms with E-state index in [2.05, 4.69) is 20.9 Å². The molecule has 4 heteroatoms. The predicted molar refractivity (Wildman–Crippen MR) is 47.9 cm³/mol. The van der Waals surface area contributed by atoms with Crippen molar-refractivity contribution in [3.8, 4) is 5.75 Å². The Morgan fingerprint density at radius 1 is 1.75 bits per heavy atom. The van der Waals surface area contributed by atoms with Gasteiger partial charge in [-0.3, -0.25) is 4.79 Å². The van der Waals surface area contributed by atoms with Crippen molar-refractivity contribution in [2.75, 3.05) is 0 Å². The molecular weight excluding hydrogens is 222 g/mol. The molecule has 0 atom stereocenters. The predicted octanol–water partition coefficient (Wildman–Crippen LogP) is 2.16. The Hall–Kier alpha value is -0.900. The van der Waals surface area contributed by atoms with Crippen LogP contribution >= 0.6 is 15.9 Å². The minimum atomic E-state index is -0.260. The Bertz CT molecular complexity index is 288. The van der Waals surface area contributed by atoms with E-state index in [1.54, 1.807) is 25.3 Å². The molecule has 12 heavy (non-hydrogen) atoms. The van der Waals surface area contributed by atoms with Gasteiger partial charge in [0.05, 0.1) is 0 Å². The summed E-state index contributed by atoms with van der Waals surface area (Å²) >= 11 is 3.17. The summed E-state index contributed by atoms with van der Waals surface area (Å²) in [5, 5.41) is 0. The monoisotopic (exact) mass is 229 g/mol. The van der Waals surface area contributed by atoms with E-state index < -0.39 is 0 Å². The van der Waals surface area contributed by atoms with Gasteiger partial charge in [-0.1, -0.05) is 6.92 Å². The Kier molecular flexibility index (Phi) is 3.22. The molecule has 0 aliphatic heterocycles. The largest absolute Gasteiger partial charge is 0.424 e. The molecule has 64 valence electrons. The highest BCUT2D eigenvalue weighted by molar-refractivity contribution is 9.10. The van der Waals surface area contributed by atoms with Crippen LogP contribution in [0.2, 0.25) is 0 Å². The molecule has 1 aromatic rings. The van der Waals surface area contributed by atoms with Crippen LogP contribution in [0, 0.1) is 0 Å². The van der Waals surface area contributed by atoms with Gasteiger partial charge in [0, 0.05) is 12.6 Å². The van der Waals surface area contributed by atoms with Crippen LogP contribution in [-0.4, -0.2) is 11.0 Å². The average molecular weight is 230 g/mol. The second kappa shape index (κ2) is 4.21. The summed E-state index contributed by atoms with van der Waals surface area (Å²) in [6, 6.07) is 3.40. The third kappa shape index (κ3) is 2.30. The van der Waals surface area contributed by atoms with E-state index in [1.165, 1.54) is 0 Å². The SMILES string of the molecule is CCC(=O)Oc1cccnc1Br. The van der Waals surface area contributed by atoms with Crippen LogP contribution in [0.1, 0.15) is 13.3 Å². The second-order valence-electron chi connectivity index (χ2n) is 2.12. The molecule has 0 fully saturated rings. The van der Waals surface area contributed by atoms with Gasteiger partial charge >= 0.3 is 5.97 Å². The van der Waals surface area contributed by atoms with Crippen molar-refractivity contribution in [2.45, 2.75) is 13.3 Å². The standard InChI is InChI=1S/C8H8BrNO2/c1-2-7(11)12-6-4-3-5-10-8(6)9/h3-5H,2H2,1H3. The van der Waals surface area contributed by atoms with Crippen LogP contribution in [0.5, 0.6) is 5.75 Å². The molecule has 0 aliphatic rings. The van der Waals surface area contributed by atoms with E-state index in [0.717, 1.165) is 0 Å². The van der Waals surface area contributed by atoms with Gasteiger partial charge in [0.2, 0.25) is 0 Å². The third-order valence-electron chi connectivity index (χ3n) is 1.24. The van der Waals surface area contributed by atoms with Crippen molar-refractivity contribution >= 4 is 21.9 Å². The van der Waals surface area contributed by atoms with E-state index in [-0.39, 0.29) is 5.97 Å². The maximum absolute atomic E-state index is 10.9. The van der Waals surface area contributed by atoms with Crippen molar-refractivity contribution in [1.82, 2.24) is 4.98 Å². The Morgan fingerprint density at radius 2 is 2.50 bits per heavy atom. The minimum absolute atomic E-state index is 0.260. The molecule has 1 heterocycles. The molecule has 0 aromatic carbocycles. The summed E-state index contributed by atoms with van der Waals surface area (Å²) in [7, 11) is 0. The van der Waals surface area contributed by atoms with E-state index in [9.17, 15) is 4.79 Å². The van der Waals surface area contributed by atoms with Gasteiger partial charge in [0.1, 0.15) is 4.60 Å². The summed E-state index contributed by atoms with van der Waals surface area (Å²) in [5.74, 6) is 0.202. The molecule has 1 aromatic heterocycles. The summed E-state index contributed by atoms with van der Waals surface area (Å²) in [6.45, 7) is 1.74. The number of aromatic nitrogens is 1. The summed E-state index contributed by atoms with van der Waals surface area (Å²) in [4.78, 5) is 14.8. The zero-order valence-corrected chi connectivity index (χ0v) is 8.17. The number of pyridine rings is 1. The van der Waals surface area contributed by atoms with Gasteiger partial charge in [0.25, 0.3) is 0 Å². The molecule has 1 rings (SSSR count). The number of halogens is 1. The molecule has 0 radical (unpaired) electrons. The van der Waals surface area contributed by atoms with Crippen LogP contribution in [0.25, 0.3) is 0 Å². The van der Waals surface area contributed by atoms with Crippen molar-refractivity contribution in [3.05, 3.63) is 22.9 Å². The first-order valence-corrected chi connectivity index (χ1v) is 4.34. The van der Waals surface area contributed by atoms with Crippen molar-refractivity contribution in [1.29, 1.82) is 0 Å². The number of nitrogens with zero attached hydrogens (tertiary/aromatic N) is 1. The topological polar surface area (TPSA) is 39.2 Å². The molecule has 0 amide bonds. The number of rotatable bonds is 2. The van der Waals surface area contributed by atoms with Gasteiger partial charge in [-0.15, -0.1) is 0 Å². The fraction of sp³-hybridized carbons (Fsp3) is 0.250. The lowest BCUT2D eigenvalue weighted by molar-refractivity contribution is -0.134. The van der Waals surface area contributed by atoms with E-state index >= 15 is 0 Å². The molecule has 0 N–H and O–H groups in total. The van der Waals surface area contributed by atoms with Crippen LogP contribution in [-0.2, 0) is 4.79 Å². The van der Waals surface area contributed by atoms with E-state index in [4.69, 9.17) is 4.74 Å². The van der Waals surface area contributed by atoms with Gasteiger partial charge < -0.3 is 4.74 Å². The number of hydrogen-bond donors (Lipinski definition) is 0. The number of carbonyl (C=O) groups is 1. The third-order valence-corrected chi connectivity index (χ3v) is 1.83. The lowest BCUT2D eigenvalue weighted by atomic mass is 10.4. The molecule has 0 saturated heterocycles. The molecule has 0 saturated carbocycles. The molecule has 3 nitrogen and oxygen atoms in total. The molecular formula is C8H8BrNO2. The summed E-state index contributed by atoms with van der Waals surface area (Å²) in [5.41, 5.74) is 0. The molecule has 0 bridgehead atoms. The Morgan fingerprint density at radius 3 is 3.08 bits per heavy atom. The smallest absolute Gasteiger partial charge is 0.310 e. The lowest BCUT2D eigenvalue weighted by Gasteiger charge is -2.02. The van der Waals surface area contributed by atoms with Gasteiger partial charge in [0.15, 0.2) is 5.75 Å². The highest BCUT2D eigenvalue weighted by Crippen LogP contribution is 2.21. The maximum Gasteiger partial charge on any atom is 0.310 e. The fourth-order valence-electron chi connectivity index (χ4n) is 0.642. The number of carbonyl (C=O) groups excluding carboxylic acids is 1. The van der Waals surface area contributed by atoms with Gasteiger partial charge in [-0.25, -0.2) is 4.98 Å². The fourth-order valence-corrected chi connectivity index (χ4v) is 0.974. The molecule has 0 spiro atoms. The maximum atomic E-state index is 10.9. The Labute approximate surface area is 78.9 Å². The van der Waals surface area contributed by atoms with Crippen LogP contribution < -0.4 is 4.74 Å². The number of hydrogen-bond acceptors (Lipinski definition) is 3. The first-order chi connectivity index (χ1) is 5.74. The first kappa shape index (κ1) is 9.19. The zero-order chi connectivity index (χ0) is 8.97. The van der Waals surface area contributed by atoms with Crippen molar-refractivity contribution in [2.24, 2.45) is 0 Å². The summed E-state index contributed by atoms with van der Waals surface area (Å²) < 4.78 is 5.49. The quantitative estimate of drug-likeness (QED) is 0.577. The van der Waals surface area contributed by atoms with Crippen LogP contribution in [0.3, 0.4) is 0 Å². The number of ether oxygens (including phenoxy) is 1. The van der Waals surface area contributed by atoms with Gasteiger partial charge in [-0.05, 0) is 28.1 Å². The second-order valence-corrected chi connectivity index (χ2v) is 2.87. The van der Waals surface area contributed by atoms with Crippen LogP contribution in [0.4, 0.5) is 0 Å². The van der Waals surface area contributed by atoms with Crippen molar-refractivity contribution in [3.63, 3.8) is 0 Å². The summed E-state index contributed by atoms with van der Waals surface area (Å²) in [6.07, 6.45) is 1.98. The first-order valence-electron chi connectivity index (χ1n) is 3.55. The minimum Gasteiger partial charge on any atom is -0.424 e. The average Bonchev–Trinajstić information content (AvgIpc) is 2.09. The normalized spacial score (nSPS) is 9.50. The molecule has 0 unspecified atom stereocenters. The zero-order valence-electron chi connectivity index (χ0n) is 6.58. The van der Waals surface area contributed by atoms with Gasteiger partial charge in [-0.2, -0.15) is 0 Å². The highest BCUT2D eigenvalue weighted by Gasteiger charge is 2.04.